The number of amides is 1. The predicted octanol–water partition coefficient (Wildman–Crippen LogP) is 2.08. The Hall–Kier alpha value is -1.59. The number of nitrogens with two attached hydrogens (primary N) is 1. The molecule has 122 valence electrons. The summed E-state index contributed by atoms with van der Waals surface area (Å²) < 4.78 is 5.68. The van der Waals surface area contributed by atoms with E-state index >= 15 is 0 Å². The first-order chi connectivity index (χ1) is 10.5. The fourth-order valence-electron chi connectivity index (χ4n) is 2.78. The number of hydrogen-bond acceptors (Lipinski definition) is 4. The molecular formula is C17H27N3O2. The van der Waals surface area contributed by atoms with Crippen LogP contribution in [0.5, 0.6) is 5.75 Å². The molecule has 1 fully saturated rings. The van der Waals surface area contributed by atoms with Crippen LogP contribution in [-0.4, -0.2) is 44.1 Å². The van der Waals surface area contributed by atoms with Gasteiger partial charge in [0.2, 0.25) is 5.91 Å². The van der Waals surface area contributed by atoms with Gasteiger partial charge in [0.25, 0.3) is 0 Å². The predicted molar refractivity (Wildman–Crippen MR) is 89.1 cm³/mol. The maximum Gasteiger partial charge on any atom is 0.224 e. The topological polar surface area (TPSA) is 67.6 Å². The van der Waals surface area contributed by atoms with E-state index in [2.05, 4.69) is 10.2 Å². The lowest BCUT2D eigenvalue weighted by Gasteiger charge is -2.15. The summed E-state index contributed by atoms with van der Waals surface area (Å²) in [5, 5.41) is 2.94. The number of benzene rings is 1. The molecule has 0 saturated heterocycles. The van der Waals surface area contributed by atoms with Crippen LogP contribution in [0.2, 0.25) is 0 Å². The molecule has 0 unspecified atom stereocenters. The van der Waals surface area contributed by atoms with Crippen LogP contribution in [0.3, 0.4) is 0 Å². The van der Waals surface area contributed by atoms with Crippen LogP contribution in [0.25, 0.3) is 0 Å². The van der Waals surface area contributed by atoms with Gasteiger partial charge in [-0.3, -0.25) is 4.79 Å². The molecule has 1 saturated carbocycles. The number of hydrogen-bond donors (Lipinski definition) is 2. The van der Waals surface area contributed by atoms with Gasteiger partial charge in [-0.1, -0.05) is 12.5 Å². The second-order valence-corrected chi connectivity index (χ2v) is 6.29. The van der Waals surface area contributed by atoms with Crippen molar-refractivity contribution in [2.24, 2.45) is 11.7 Å². The van der Waals surface area contributed by atoms with Gasteiger partial charge in [0.15, 0.2) is 0 Å². The van der Waals surface area contributed by atoms with Crippen LogP contribution in [0.15, 0.2) is 24.3 Å². The quantitative estimate of drug-likeness (QED) is 0.809. The molecule has 2 rings (SSSR count). The smallest absolute Gasteiger partial charge is 0.224 e. The van der Waals surface area contributed by atoms with Crippen LogP contribution in [-0.2, 0) is 4.79 Å². The first-order valence-electron chi connectivity index (χ1n) is 7.97. The van der Waals surface area contributed by atoms with Gasteiger partial charge >= 0.3 is 0 Å². The Labute approximate surface area is 132 Å². The van der Waals surface area contributed by atoms with E-state index in [1.807, 2.05) is 38.4 Å². The van der Waals surface area contributed by atoms with Gasteiger partial charge in [0, 0.05) is 30.8 Å². The van der Waals surface area contributed by atoms with Gasteiger partial charge in [-0.15, -0.1) is 0 Å². The van der Waals surface area contributed by atoms with Gasteiger partial charge in [0.1, 0.15) is 12.4 Å². The van der Waals surface area contributed by atoms with Crippen LogP contribution in [0.4, 0.5) is 5.69 Å². The molecule has 3 N–H and O–H groups in total. The molecule has 1 aromatic carbocycles. The Bertz CT molecular complexity index is 491. The van der Waals surface area contributed by atoms with E-state index in [4.69, 9.17) is 10.5 Å². The minimum absolute atomic E-state index is 0.0350. The second-order valence-electron chi connectivity index (χ2n) is 6.29. The minimum Gasteiger partial charge on any atom is -0.492 e. The Balaban J connectivity index is 1.82. The van der Waals surface area contributed by atoms with E-state index in [1.54, 1.807) is 0 Å². The van der Waals surface area contributed by atoms with E-state index in [0.29, 0.717) is 18.9 Å². The molecule has 22 heavy (non-hydrogen) atoms. The number of ether oxygens (including phenoxy) is 1. The number of nitrogens with zero attached hydrogens (tertiary/aromatic N) is 1. The van der Waals surface area contributed by atoms with Crippen LogP contribution >= 0.6 is 0 Å². The van der Waals surface area contributed by atoms with E-state index < -0.39 is 0 Å². The molecule has 5 heteroatoms. The largest absolute Gasteiger partial charge is 0.492 e. The van der Waals surface area contributed by atoms with Crippen molar-refractivity contribution in [1.82, 2.24) is 4.90 Å². The van der Waals surface area contributed by atoms with Crippen molar-refractivity contribution in [2.75, 3.05) is 32.6 Å². The molecule has 1 aliphatic carbocycles. The van der Waals surface area contributed by atoms with E-state index in [0.717, 1.165) is 37.2 Å². The lowest BCUT2D eigenvalue weighted by atomic mass is 10.00. The maximum atomic E-state index is 12.1. The Morgan fingerprint density at radius 2 is 2.23 bits per heavy atom. The van der Waals surface area contributed by atoms with Crippen molar-refractivity contribution < 1.29 is 9.53 Å². The Kier molecular flexibility index (Phi) is 6.21. The number of nitrogens with one attached hydrogen (secondary N) is 1. The highest BCUT2D eigenvalue weighted by molar-refractivity contribution is 5.91. The average Bonchev–Trinajstić information content (AvgIpc) is 2.84. The summed E-state index contributed by atoms with van der Waals surface area (Å²) >= 11 is 0. The normalized spacial score (nSPS) is 21.1. The molecule has 0 bridgehead atoms. The molecule has 0 radical (unpaired) electrons. The SMILES string of the molecule is CN(C)CCOc1cccc(NC(=O)C[C@@H]2CCC[C@H]2N)c1. The van der Waals surface area contributed by atoms with Gasteiger partial charge in [0.05, 0.1) is 0 Å². The Morgan fingerprint density at radius 3 is 2.91 bits per heavy atom. The maximum absolute atomic E-state index is 12.1. The van der Waals surface area contributed by atoms with Gasteiger partial charge in [-0.05, 0) is 45.0 Å². The number of likely N-dealkylation sites (N-methyl/N-ethyl adjacent to an activating group) is 1. The molecule has 2 atom stereocenters. The first-order valence-corrected chi connectivity index (χ1v) is 7.97. The highest BCUT2D eigenvalue weighted by atomic mass is 16.5. The first kappa shape index (κ1) is 16.8. The molecule has 1 aliphatic rings. The standard InChI is InChI=1S/C17H27N3O2/c1-20(2)9-10-22-15-7-4-6-14(12-15)19-17(21)11-13-5-3-8-16(13)18/h4,6-7,12-13,16H,3,5,8-11,18H2,1-2H3,(H,19,21)/t13-,16+/m0/s1. The highest BCUT2D eigenvalue weighted by Crippen LogP contribution is 2.27. The van der Waals surface area contributed by atoms with Crippen molar-refractivity contribution in [2.45, 2.75) is 31.7 Å². The summed E-state index contributed by atoms with van der Waals surface area (Å²) in [6, 6.07) is 7.71. The van der Waals surface area contributed by atoms with Gasteiger partial charge < -0.3 is 20.7 Å². The molecule has 5 nitrogen and oxygen atoms in total. The molecule has 0 aromatic heterocycles. The van der Waals surface area contributed by atoms with Crippen LogP contribution < -0.4 is 15.8 Å². The third kappa shape index (κ3) is 5.31. The van der Waals surface area contributed by atoms with Crippen molar-refractivity contribution in [3.63, 3.8) is 0 Å². The van der Waals surface area contributed by atoms with Crippen LogP contribution in [0.1, 0.15) is 25.7 Å². The number of anilines is 1. The lowest BCUT2D eigenvalue weighted by Crippen LogP contribution is -2.28. The van der Waals surface area contributed by atoms with Gasteiger partial charge in [-0.2, -0.15) is 0 Å². The van der Waals surface area contributed by atoms with Crippen molar-refractivity contribution in [3.8, 4) is 5.75 Å². The fraction of sp³-hybridized carbons (Fsp3) is 0.588. The van der Waals surface area contributed by atoms with Crippen molar-refractivity contribution in [3.05, 3.63) is 24.3 Å². The highest BCUT2D eigenvalue weighted by Gasteiger charge is 2.25. The summed E-state index contributed by atoms with van der Waals surface area (Å²) in [4.78, 5) is 14.2. The summed E-state index contributed by atoms with van der Waals surface area (Å²) in [7, 11) is 4.02. The minimum atomic E-state index is 0.0350. The zero-order valence-electron chi connectivity index (χ0n) is 13.5. The Morgan fingerprint density at radius 1 is 1.41 bits per heavy atom. The molecule has 0 aliphatic heterocycles. The monoisotopic (exact) mass is 305 g/mol. The van der Waals surface area contributed by atoms with Crippen molar-refractivity contribution in [1.29, 1.82) is 0 Å². The summed E-state index contributed by atoms with van der Waals surface area (Å²) in [6.07, 6.45) is 3.73. The average molecular weight is 305 g/mol. The second kappa shape index (κ2) is 8.15. The summed E-state index contributed by atoms with van der Waals surface area (Å²) in [5.41, 5.74) is 6.80. The van der Waals surface area contributed by atoms with E-state index in [-0.39, 0.29) is 11.9 Å². The third-order valence-electron chi connectivity index (χ3n) is 4.09. The molecule has 0 heterocycles. The number of carbonyl (C=O) groups excluding carboxylic acids is 1. The zero-order chi connectivity index (χ0) is 15.9. The lowest BCUT2D eigenvalue weighted by molar-refractivity contribution is -0.117. The molecule has 1 amide bonds. The number of carbonyl (C=O) groups is 1. The molecular weight excluding hydrogens is 278 g/mol. The summed E-state index contributed by atoms with van der Waals surface area (Å²) in [6.45, 7) is 1.48. The third-order valence-corrected chi connectivity index (χ3v) is 4.09. The molecule has 1 aromatic rings. The van der Waals surface area contributed by atoms with E-state index in [9.17, 15) is 4.79 Å². The van der Waals surface area contributed by atoms with E-state index in [1.165, 1.54) is 0 Å². The number of rotatable bonds is 7. The zero-order valence-corrected chi connectivity index (χ0v) is 13.5. The van der Waals surface area contributed by atoms with Crippen molar-refractivity contribution >= 4 is 11.6 Å². The van der Waals surface area contributed by atoms with Gasteiger partial charge in [-0.25, -0.2) is 0 Å². The summed E-state index contributed by atoms with van der Waals surface area (Å²) in [5.74, 6) is 1.13. The van der Waals surface area contributed by atoms with Crippen LogP contribution in [0, 0.1) is 5.92 Å². The molecule has 0 spiro atoms. The fourth-order valence-corrected chi connectivity index (χ4v) is 2.78.